The average Bonchev–Trinajstić information content (AvgIpc) is 2.78. The zero-order valence-corrected chi connectivity index (χ0v) is 15.9. The first kappa shape index (κ1) is 18.7. The number of ether oxygens (including phenoxy) is 2. The molecule has 0 saturated heterocycles. The molecule has 7 nitrogen and oxygen atoms in total. The summed E-state index contributed by atoms with van der Waals surface area (Å²) in [6.45, 7) is 1.69. The standard InChI is InChI=1S/C22H22N4O3/c27-21(23-10-4-7-16-5-2-1-3-6-16)17-14-24-22(25-15-17)26-18-8-9-19-20(13-18)29-12-11-28-19/h1-3,5-6,8-9,13-15H,4,7,10-12H2,(H,23,27)(H,24,25,26). The van der Waals surface area contributed by atoms with Crippen LogP contribution in [-0.2, 0) is 6.42 Å². The minimum Gasteiger partial charge on any atom is -0.486 e. The van der Waals surface area contributed by atoms with E-state index < -0.39 is 0 Å². The fourth-order valence-electron chi connectivity index (χ4n) is 3.00. The molecule has 1 aliphatic heterocycles. The topological polar surface area (TPSA) is 85.4 Å². The summed E-state index contributed by atoms with van der Waals surface area (Å²) in [6, 6.07) is 15.8. The average molecular weight is 390 g/mol. The lowest BCUT2D eigenvalue weighted by molar-refractivity contribution is 0.0952. The number of anilines is 2. The molecule has 0 atom stereocenters. The van der Waals surface area contributed by atoms with Crippen LogP contribution in [0.2, 0.25) is 0 Å². The first-order chi connectivity index (χ1) is 14.3. The van der Waals surface area contributed by atoms with Gasteiger partial charge in [0.1, 0.15) is 13.2 Å². The van der Waals surface area contributed by atoms with Gasteiger partial charge in [-0.2, -0.15) is 0 Å². The van der Waals surface area contributed by atoms with E-state index in [2.05, 4.69) is 32.7 Å². The van der Waals surface area contributed by atoms with Gasteiger partial charge in [-0.15, -0.1) is 0 Å². The number of carbonyl (C=O) groups is 1. The van der Waals surface area contributed by atoms with E-state index in [4.69, 9.17) is 9.47 Å². The van der Waals surface area contributed by atoms with Crippen molar-refractivity contribution in [2.45, 2.75) is 12.8 Å². The molecule has 0 unspecified atom stereocenters. The van der Waals surface area contributed by atoms with Crippen molar-refractivity contribution in [2.24, 2.45) is 0 Å². The van der Waals surface area contributed by atoms with Crippen LogP contribution >= 0.6 is 0 Å². The van der Waals surface area contributed by atoms with E-state index in [0.717, 1.165) is 24.3 Å². The number of hydrogen-bond donors (Lipinski definition) is 2. The van der Waals surface area contributed by atoms with E-state index >= 15 is 0 Å². The van der Waals surface area contributed by atoms with Crippen LogP contribution in [0.4, 0.5) is 11.6 Å². The highest BCUT2D eigenvalue weighted by Gasteiger charge is 2.12. The lowest BCUT2D eigenvalue weighted by Gasteiger charge is -2.18. The predicted octanol–water partition coefficient (Wildman–Crippen LogP) is 3.35. The summed E-state index contributed by atoms with van der Waals surface area (Å²) in [6.07, 6.45) is 4.83. The van der Waals surface area contributed by atoms with Crippen molar-refractivity contribution in [3.8, 4) is 11.5 Å². The molecule has 2 heterocycles. The lowest BCUT2D eigenvalue weighted by atomic mass is 10.1. The van der Waals surface area contributed by atoms with Gasteiger partial charge in [0.05, 0.1) is 5.56 Å². The number of benzene rings is 2. The third-order valence-electron chi connectivity index (χ3n) is 4.48. The van der Waals surface area contributed by atoms with Crippen molar-refractivity contribution in [2.75, 3.05) is 25.1 Å². The molecule has 1 aliphatic rings. The molecule has 0 fully saturated rings. The van der Waals surface area contributed by atoms with Gasteiger partial charge in [-0.3, -0.25) is 4.79 Å². The highest BCUT2D eigenvalue weighted by atomic mass is 16.6. The highest BCUT2D eigenvalue weighted by Crippen LogP contribution is 2.33. The Kier molecular flexibility index (Phi) is 5.85. The molecular formula is C22H22N4O3. The number of amides is 1. The number of aromatic nitrogens is 2. The molecule has 29 heavy (non-hydrogen) atoms. The third kappa shape index (κ3) is 5.01. The van der Waals surface area contributed by atoms with Crippen LogP contribution in [-0.4, -0.2) is 35.6 Å². The van der Waals surface area contributed by atoms with Crippen LogP contribution in [0.1, 0.15) is 22.3 Å². The Morgan fingerprint density at radius 2 is 1.72 bits per heavy atom. The molecule has 0 aliphatic carbocycles. The van der Waals surface area contributed by atoms with Crippen LogP contribution < -0.4 is 20.1 Å². The Bertz CT molecular complexity index is 962. The van der Waals surface area contributed by atoms with Crippen LogP contribution in [0.15, 0.2) is 60.9 Å². The summed E-state index contributed by atoms with van der Waals surface area (Å²) in [7, 11) is 0. The van der Waals surface area contributed by atoms with Crippen LogP contribution in [0.3, 0.4) is 0 Å². The monoisotopic (exact) mass is 390 g/mol. The molecule has 1 aromatic heterocycles. The number of aryl methyl sites for hydroxylation is 1. The van der Waals surface area contributed by atoms with Crippen molar-refractivity contribution >= 4 is 17.5 Å². The van der Waals surface area contributed by atoms with Gasteiger partial charge in [-0.1, -0.05) is 30.3 Å². The molecule has 0 radical (unpaired) electrons. The Labute approximate surface area is 169 Å². The molecule has 0 spiro atoms. The fraction of sp³-hybridized carbons (Fsp3) is 0.227. The molecule has 2 N–H and O–H groups in total. The maximum Gasteiger partial charge on any atom is 0.254 e. The number of rotatable bonds is 7. The fourth-order valence-corrected chi connectivity index (χ4v) is 3.00. The molecule has 0 saturated carbocycles. The number of carbonyl (C=O) groups excluding carboxylic acids is 1. The predicted molar refractivity (Wildman–Crippen MR) is 110 cm³/mol. The molecule has 4 rings (SSSR count). The smallest absolute Gasteiger partial charge is 0.254 e. The molecule has 2 aromatic carbocycles. The van der Waals surface area contributed by atoms with Crippen molar-refractivity contribution < 1.29 is 14.3 Å². The van der Waals surface area contributed by atoms with Crippen molar-refractivity contribution in [3.05, 3.63) is 72.1 Å². The minimum absolute atomic E-state index is 0.177. The van der Waals surface area contributed by atoms with Crippen LogP contribution in [0.25, 0.3) is 0 Å². The molecular weight excluding hydrogens is 368 g/mol. The zero-order chi connectivity index (χ0) is 19.9. The summed E-state index contributed by atoms with van der Waals surface area (Å²) >= 11 is 0. The number of nitrogens with zero attached hydrogens (tertiary/aromatic N) is 2. The summed E-state index contributed by atoms with van der Waals surface area (Å²) in [5, 5.41) is 6.00. The normalized spacial score (nSPS) is 12.3. The van der Waals surface area contributed by atoms with E-state index in [1.807, 2.05) is 36.4 Å². The maximum absolute atomic E-state index is 12.2. The quantitative estimate of drug-likeness (QED) is 0.602. The second kappa shape index (κ2) is 9.05. The summed E-state index contributed by atoms with van der Waals surface area (Å²) in [5.41, 5.74) is 2.48. The molecule has 148 valence electrons. The first-order valence-corrected chi connectivity index (χ1v) is 9.59. The Hall–Kier alpha value is -3.61. The third-order valence-corrected chi connectivity index (χ3v) is 4.48. The van der Waals surface area contributed by atoms with E-state index in [1.165, 1.54) is 18.0 Å². The van der Waals surface area contributed by atoms with Crippen LogP contribution in [0.5, 0.6) is 11.5 Å². The molecule has 3 aromatic rings. The second-order valence-electron chi connectivity index (χ2n) is 6.62. The SMILES string of the molecule is O=C(NCCCc1ccccc1)c1cnc(Nc2ccc3c(c2)OCCO3)nc1. The number of fused-ring (bicyclic) bond motifs is 1. The summed E-state index contributed by atoms with van der Waals surface area (Å²) in [5.74, 6) is 1.64. The van der Waals surface area contributed by atoms with E-state index in [-0.39, 0.29) is 5.91 Å². The van der Waals surface area contributed by atoms with Gasteiger partial charge in [0, 0.05) is 30.7 Å². The minimum atomic E-state index is -0.177. The summed E-state index contributed by atoms with van der Waals surface area (Å²) in [4.78, 5) is 20.7. The van der Waals surface area contributed by atoms with Gasteiger partial charge >= 0.3 is 0 Å². The van der Waals surface area contributed by atoms with E-state index in [1.54, 1.807) is 0 Å². The van der Waals surface area contributed by atoms with Gasteiger partial charge < -0.3 is 20.1 Å². The second-order valence-corrected chi connectivity index (χ2v) is 6.62. The van der Waals surface area contributed by atoms with Crippen molar-refractivity contribution in [1.29, 1.82) is 0 Å². The maximum atomic E-state index is 12.2. The van der Waals surface area contributed by atoms with Gasteiger partial charge in [0.25, 0.3) is 5.91 Å². The highest BCUT2D eigenvalue weighted by molar-refractivity contribution is 5.93. The Morgan fingerprint density at radius 3 is 2.52 bits per heavy atom. The molecule has 1 amide bonds. The van der Waals surface area contributed by atoms with Gasteiger partial charge in [-0.05, 0) is 30.5 Å². The number of hydrogen-bond acceptors (Lipinski definition) is 6. The van der Waals surface area contributed by atoms with Crippen molar-refractivity contribution in [1.82, 2.24) is 15.3 Å². The van der Waals surface area contributed by atoms with E-state index in [0.29, 0.717) is 37.0 Å². The Morgan fingerprint density at radius 1 is 0.966 bits per heavy atom. The van der Waals surface area contributed by atoms with Gasteiger partial charge in [-0.25, -0.2) is 9.97 Å². The van der Waals surface area contributed by atoms with E-state index in [9.17, 15) is 4.79 Å². The van der Waals surface area contributed by atoms with Gasteiger partial charge in [0.2, 0.25) is 5.95 Å². The lowest BCUT2D eigenvalue weighted by Crippen LogP contribution is -2.25. The largest absolute Gasteiger partial charge is 0.486 e. The van der Waals surface area contributed by atoms with Gasteiger partial charge in [0.15, 0.2) is 11.5 Å². The first-order valence-electron chi connectivity index (χ1n) is 9.59. The Balaban J connectivity index is 1.27. The molecule has 0 bridgehead atoms. The summed E-state index contributed by atoms with van der Waals surface area (Å²) < 4.78 is 11.1. The van der Waals surface area contributed by atoms with Crippen LogP contribution in [0, 0.1) is 0 Å². The molecule has 7 heteroatoms. The van der Waals surface area contributed by atoms with Crippen molar-refractivity contribution in [3.63, 3.8) is 0 Å². The number of nitrogens with one attached hydrogen (secondary N) is 2. The zero-order valence-electron chi connectivity index (χ0n) is 15.9.